The third-order valence-corrected chi connectivity index (χ3v) is 1.93. The first kappa shape index (κ1) is 10.2. The Bertz CT molecular complexity index is 254. The summed E-state index contributed by atoms with van der Waals surface area (Å²) in [5.74, 6) is 0. The van der Waals surface area contributed by atoms with E-state index in [1.54, 1.807) is 0 Å². The summed E-state index contributed by atoms with van der Waals surface area (Å²) in [6.45, 7) is 5.13. The lowest BCUT2D eigenvalue weighted by Crippen LogP contribution is -2.32. The van der Waals surface area contributed by atoms with Gasteiger partial charge in [0.15, 0.2) is 0 Å². The summed E-state index contributed by atoms with van der Waals surface area (Å²) in [6, 6.07) is 0.315. The number of hydrogen-bond donors (Lipinski definition) is 1. The van der Waals surface area contributed by atoms with Crippen molar-refractivity contribution in [2.24, 2.45) is 0 Å². The molecule has 4 nitrogen and oxygen atoms in total. The van der Waals surface area contributed by atoms with E-state index >= 15 is 0 Å². The maximum absolute atomic E-state index is 4.22. The Morgan fingerprint density at radius 3 is 2.77 bits per heavy atom. The Kier molecular flexibility index (Phi) is 3.45. The molecule has 4 heteroatoms. The van der Waals surface area contributed by atoms with E-state index in [0.717, 1.165) is 6.54 Å². The van der Waals surface area contributed by atoms with Gasteiger partial charge in [-0.05, 0) is 13.8 Å². The van der Waals surface area contributed by atoms with Gasteiger partial charge in [-0.25, -0.2) is 5.43 Å². The standard InChI is InChI=1S/C9H18N4/c1-5-13-7-9(6-10-13)8(2)11-12(3)4/h6-8,11H,5H2,1-4H3. The van der Waals surface area contributed by atoms with Crippen molar-refractivity contribution in [3.05, 3.63) is 18.0 Å². The maximum atomic E-state index is 4.22. The van der Waals surface area contributed by atoms with E-state index in [-0.39, 0.29) is 0 Å². The molecule has 0 aliphatic heterocycles. The van der Waals surface area contributed by atoms with Crippen LogP contribution in [0.1, 0.15) is 25.5 Å². The second kappa shape index (κ2) is 4.39. The molecule has 1 aromatic rings. The van der Waals surface area contributed by atoms with Crippen LogP contribution in [-0.4, -0.2) is 28.9 Å². The fourth-order valence-corrected chi connectivity index (χ4v) is 1.24. The predicted molar refractivity (Wildman–Crippen MR) is 53.1 cm³/mol. The predicted octanol–water partition coefficient (Wildman–Crippen LogP) is 1.03. The van der Waals surface area contributed by atoms with Crippen LogP contribution in [0.4, 0.5) is 0 Å². The van der Waals surface area contributed by atoms with Gasteiger partial charge >= 0.3 is 0 Å². The van der Waals surface area contributed by atoms with Crippen LogP contribution in [-0.2, 0) is 6.54 Å². The number of aryl methyl sites for hydroxylation is 1. The largest absolute Gasteiger partial charge is 0.273 e. The third-order valence-electron chi connectivity index (χ3n) is 1.93. The average molecular weight is 182 g/mol. The number of hydrazine groups is 1. The van der Waals surface area contributed by atoms with E-state index in [2.05, 4.69) is 30.6 Å². The summed E-state index contributed by atoms with van der Waals surface area (Å²) in [4.78, 5) is 0. The molecule has 1 N–H and O–H groups in total. The Morgan fingerprint density at radius 1 is 1.62 bits per heavy atom. The molecule has 0 fully saturated rings. The molecule has 13 heavy (non-hydrogen) atoms. The van der Waals surface area contributed by atoms with E-state index in [1.165, 1.54) is 5.56 Å². The third kappa shape index (κ3) is 2.82. The number of hydrogen-bond acceptors (Lipinski definition) is 3. The van der Waals surface area contributed by atoms with Gasteiger partial charge in [0, 0.05) is 38.4 Å². The van der Waals surface area contributed by atoms with Crippen LogP contribution >= 0.6 is 0 Å². The monoisotopic (exact) mass is 182 g/mol. The fraction of sp³-hybridized carbons (Fsp3) is 0.667. The summed E-state index contributed by atoms with van der Waals surface area (Å²) in [5, 5.41) is 6.17. The molecule has 74 valence electrons. The first-order valence-electron chi connectivity index (χ1n) is 4.59. The molecule has 0 saturated heterocycles. The number of nitrogens with one attached hydrogen (secondary N) is 1. The van der Waals surface area contributed by atoms with Crippen LogP contribution in [0.2, 0.25) is 0 Å². The van der Waals surface area contributed by atoms with Gasteiger partial charge in [0.05, 0.1) is 6.20 Å². The highest BCUT2D eigenvalue weighted by Crippen LogP contribution is 2.10. The minimum atomic E-state index is 0.315. The molecule has 1 unspecified atom stereocenters. The van der Waals surface area contributed by atoms with Crippen molar-refractivity contribution in [1.82, 2.24) is 20.2 Å². The topological polar surface area (TPSA) is 33.1 Å². The minimum Gasteiger partial charge on any atom is -0.273 e. The molecule has 0 aromatic carbocycles. The molecular weight excluding hydrogens is 164 g/mol. The molecule has 0 saturated carbocycles. The summed E-state index contributed by atoms with van der Waals surface area (Å²) in [6.07, 6.45) is 3.98. The number of aromatic nitrogens is 2. The number of rotatable bonds is 4. The van der Waals surface area contributed by atoms with E-state index in [1.807, 2.05) is 30.0 Å². The highest BCUT2D eigenvalue weighted by molar-refractivity contribution is 5.08. The van der Waals surface area contributed by atoms with Crippen molar-refractivity contribution in [3.8, 4) is 0 Å². The molecule has 0 amide bonds. The lowest BCUT2D eigenvalue weighted by molar-refractivity contribution is 0.252. The smallest absolute Gasteiger partial charge is 0.0538 e. The van der Waals surface area contributed by atoms with Gasteiger partial charge in [0.2, 0.25) is 0 Å². The van der Waals surface area contributed by atoms with E-state index < -0.39 is 0 Å². The van der Waals surface area contributed by atoms with Crippen molar-refractivity contribution in [2.45, 2.75) is 26.4 Å². The second-order valence-electron chi connectivity index (χ2n) is 3.37. The van der Waals surface area contributed by atoms with Crippen LogP contribution < -0.4 is 5.43 Å². The van der Waals surface area contributed by atoms with Gasteiger partial charge in [0.1, 0.15) is 0 Å². The molecular formula is C9H18N4. The zero-order valence-corrected chi connectivity index (χ0v) is 8.78. The molecule has 1 heterocycles. The van der Waals surface area contributed by atoms with Crippen molar-refractivity contribution >= 4 is 0 Å². The summed E-state index contributed by atoms with van der Waals surface area (Å²) in [5.41, 5.74) is 4.49. The zero-order valence-electron chi connectivity index (χ0n) is 8.78. The summed E-state index contributed by atoms with van der Waals surface area (Å²) < 4.78 is 1.93. The van der Waals surface area contributed by atoms with Crippen LogP contribution in [0.5, 0.6) is 0 Å². The summed E-state index contributed by atoms with van der Waals surface area (Å²) in [7, 11) is 3.97. The zero-order chi connectivity index (χ0) is 9.84. The van der Waals surface area contributed by atoms with E-state index in [9.17, 15) is 0 Å². The van der Waals surface area contributed by atoms with Gasteiger partial charge < -0.3 is 0 Å². The molecule has 1 aromatic heterocycles. The molecule has 0 spiro atoms. The normalized spacial score (nSPS) is 13.6. The molecule has 1 rings (SSSR count). The van der Waals surface area contributed by atoms with E-state index in [0.29, 0.717) is 6.04 Å². The first-order valence-corrected chi connectivity index (χ1v) is 4.59. The highest BCUT2D eigenvalue weighted by Gasteiger charge is 2.07. The Balaban J connectivity index is 2.60. The second-order valence-corrected chi connectivity index (χ2v) is 3.37. The Hall–Kier alpha value is -0.870. The molecule has 0 bridgehead atoms. The van der Waals surface area contributed by atoms with Crippen molar-refractivity contribution in [2.75, 3.05) is 14.1 Å². The fourth-order valence-electron chi connectivity index (χ4n) is 1.24. The van der Waals surface area contributed by atoms with Gasteiger partial charge in [0.25, 0.3) is 0 Å². The van der Waals surface area contributed by atoms with Crippen molar-refractivity contribution in [1.29, 1.82) is 0 Å². The molecule has 0 radical (unpaired) electrons. The van der Waals surface area contributed by atoms with Crippen LogP contribution in [0.3, 0.4) is 0 Å². The SMILES string of the molecule is CCn1cc(C(C)NN(C)C)cn1. The van der Waals surface area contributed by atoms with Crippen molar-refractivity contribution < 1.29 is 0 Å². The quantitative estimate of drug-likeness (QED) is 0.706. The molecule has 1 atom stereocenters. The minimum absolute atomic E-state index is 0.315. The number of nitrogens with zero attached hydrogens (tertiary/aromatic N) is 3. The summed E-state index contributed by atoms with van der Waals surface area (Å²) >= 11 is 0. The van der Waals surface area contributed by atoms with Crippen LogP contribution in [0.15, 0.2) is 12.4 Å². The molecule has 0 aliphatic rings. The van der Waals surface area contributed by atoms with Crippen LogP contribution in [0.25, 0.3) is 0 Å². The van der Waals surface area contributed by atoms with Gasteiger partial charge in [-0.1, -0.05) is 0 Å². The first-order chi connectivity index (χ1) is 6.13. The Morgan fingerprint density at radius 2 is 2.31 bits per heavy atom. The van der Waals surface area contributed by atoms with Gasteiger partial charge in [-0.2, -0.15) is 5.10 Å². The van der Waals surface area contributed by atoms with E-state index in [4.69, 9.17) is 0 Å². The lowest BCUT2D eigenvalue weighted by atomic mass is 10.2. The van der Waals surface area contributed by atoms with Gasteiger partial charge in [-0.15, -0.1) is 0 Å². The lowest BCUT2D eigenvalue weighted by Gasteiger charge is -2.17. The Labute approximate surface area is 79.5 Å². The maximum Gasteiger partial charge on any atom is 0.0538 e. The highest BCUT2D eigenvalue weighted by atomic mass is 15.5. The molecule has 0 aliphatic carbocycles. The van der Waals surface area contributed by atoms with Crippen molar-refractivity contribution in [3.63, 3.8) is 0 Å². The van der Waals surface area contributed by atoms with Gasteiger partial charge in [-0.3, -0.25) is 9.69 Å². The van der Waals surface area contributed by atoms with Crippen LogP contribution in [0, 0.1) is 0 Å². The average Bonchev–Trinajstić information content (AvgIpc) is 2.50.